The highest BCUT2D eigenvalue weighted by Crippen LogP contribution is 2.38. The first kappa shape index (κ1) is 20.6. The summed E-state index contributed by atoms with van der Waals surface area (Å²) < 4.78 is 24.8. The van der Waals surface area contributed by atoms with Crippen LogP contribution in [0.2, 0.25) is 15.1 Å². The maximum Gasteiger partial charge on any atom is 0.323 e. The Kier molecular flexibility index (Phi) is 6.29. The van der Waals surface area contributed by atoms with Gasteiger partial charge in [0, 0.05) is 0 Å². The average molecular weight is 438 g/mol. The molecule has 140 valence electrons. The van der Waals surface area contributed by atoms with Crippen LogP contribution in [0, 0.1) is 0 Å². The van der Waals surface area contributed by atoms with E-state index in [1.165, 1.54) is 32.0 Å². The lowest BCUT2D eigenvalue weighted by Gasteiger charge is -2.15. The van der Waals surface area contributed by atoms with E-state index < -0.39 is 31.8 Å². The summed E-state index contributed by atoms with van der Waals surface area (Å²) in [5, 5.41) is 14.6. The zero-order valence-electron chi connectivity index (χ0n) is 13.7. The van der Waals surface area contributed by atoms with E-state index in [9.17, 15) is 18.3 Å². The number of anilines is 2. The third kappa shape index (κ3) is 4.17. The Hall–Kier alpha value is -1.67. The lowest BCUT2D eigenvalue weighted by atomic mass is 10.3. The van der Waals surface area contributed by atoms with Crippen molar-refractivity contribution >= 4 is 62.0 Å². The van der Waals surface area contributed by atoms with Gasteiger partial charge in [0.1, 0.15) is 4.90 Å². The van der Waals surface area contributed by atoms with Crippen molar-refractivity contribution in [3.63, 3.8) is 0 Å². The molecular weight excluding hydrogens is 423 g/mol. The first-order valence-electron chi connectivity index (χ1n) is 7.33. The minimum atomic E-state index is -3.86. The third-order valence-electron chi connectivity index (χ3n) is 3.44. The molecule has 0 unspecified atom stereocenters. The number of nitrogens with one attached hydrogen (secondary N) is 2. The van der Waals surface area contributed by atoms with Crippen LogP contribution < -0.4 is 10.6 Å². The maximum atomic E-state index is 12.4. The zero-order chi connectivity index (χ0) is 19.6. The Balaban J connectivity index is 2.33. The number of aromatic hydroxyl groups is 1. The molecule has 0 aliphatic rings. The van der Waals surface area contributed by atoms with E-state index in [-0.39, 0.29) is 26.4 Å². The Bertz CT molecular complexity index is 962. The number of halogens is 3. The fourth-order valence-corrected chi connectivity index (χ4v) is 4.04. The van der Waals surface area contributed by atoms with Crippen LogP contribution in [-0.2, 0) is 9.84 Å². The number of hydrogen-bond acceptors (Lipinski definition) is 4. The molecule has 0 atom stereocenters. The van der Waals surface area contributed by atoms with Gasteiger partial charge in [-0.05, 0) is 38.1 Å². The molecular formula is C16H15Cl3N2O4S. The number of carbonyl (C=O) groups is 1. The van der Waals surface area contributed by atoms with Crippen LogP contribution in [0.3, 0.4) is 0 Å². The number of amides is 2. The average Bonchev–Trinajstić information content (AvgIpc) is 2.54. The summed E-state index contributed by atoms with van der Waals surface area (Å²) in [4.78, 5) is 11.7. The summed E-state index contributed by atoms with van der Waals surface area (Å²) in [7, 11) is -3.86. The minimum absolute atomic E-state index is 0.121. The summed E-state index contributed by atoms with van der Waals surface area (Å²) in [6, 6.07) is 6.50. The van der Waals surface area contributed by atoms with Crippen molar-refractivity contribution in [2.45, 2.75) is 24.0 Å². The highest BCUT2D eigenvalue weighted by molar-refractivity contribution is 7.92. The molecule has 0 spiro atoms. The normalized spacial score (nSPS) is 11.5. The fraction of sp³-hybridized carbons (Fsp3) is 0.188. The molecule has 0 fully saturated rings. The lowest BCUT2D eigenvalue weighted by molar-refractivity contribution is 0.262. The molecule has 6 nitrogen and oxygen atoms in total. The smallest absolute Gasteiger partial charge is 0.323 e. The molecule has 0 saturated carbocycles. The van der Waals surface area contributed by atoms with Gasteiger partial charge in [-0.15, -0.1) is 0 Å². The van der Waals surface area contributed by atoms with E-state index >= 15 is 0 Å². The van der Waals surface area contributed by atoms with Gasteiger partial charge in [-0.1, -0.05) is 40.9 Å². The van der Waals surface area contributed by atoms with E-state index in [4.69, 9.17) is 34.8 Å². The van der Waals surface area contributed by atoms with Gasteiger partial charge >= 0.3 is 6.03 Å². The topological polar surface area (TPSA) is 95.5 Å². The number of phenols is 1. The molecule has 2 aromatic rings. The summed E-state index contributed by atoms with van der Waals surface area (Å²) >= 11 is 17.8. The predicted molar refractivity (Wildman–Crippen MR) is 105 cm³/mol. The van der Waals surface area contributed by atoms with Crippen LogP contribution in [0.5, 0.6) is 5.75 Å². The van der Waals surface area contributed by atoms with Crippen LogP contribution in [0.15, 0.2) is 35.2 Å². The summed E-state index contributed by atoms with van der Waals surface area (Å²) in [6.45, 7) is 2.91. The van der Waals surface area contributed by atoms with Crippen molar-refractivity contribution in [3.8, 4) is 5.75 Å². The molecule has 10 heteroatoms. The van der Waals surface area contributed by atoms with Gasteiger partial charge in [0.15, 0.2) is 15.6 Å². The van der Waals surface area contributed by atoms with Crippen molar-refractivity contribution in [1.29, 1.82) is 0 Å². The van der Waals surface area contributed by atoms with Crippen LogP contribution in [-0.4, -0.2) is 24.8 Å². The third-order valence-corrected chi connectivity index (χ3v) is 6.91. The fourth-order valence-electron chi connectivity index (χ4n) is 2.03. The summed E-state index contributed by atoms with van der Waals surface area (Å²) in [5.74, 6) is -0.640. The van der Waals surface area contributed by atoms with Crippen molar-refractivity contribution in [2.24, 2.45) is 0 Å². The first-order valence-corrected chi connectivity index (χ1v) is 10.0. The van der Waals surface area contributed by atoms with E-state index in [0.29, 0.717) is 0 Å². The SMILES string of the molecule is CC(C)S(=O)(=O)c1c(Cl)ccc(NC(=O)Nc2cccc(Cl)c2Cl)c1O. The van der Waals surface area contributed by atoms with E-state index in [0.717, 1.165) is 0 Å². The largest absolute Gasteiger partial charge is 0.504 e. The summed E-state index contributed by atoms with van der Waals surface area (Å²) in [5.41, 5.74) is 0.129. The zero-order valence-corrected chi connectivity index (χ0v) is 16.8. The molecule has 0 bridgehead atoms. The van der Waals surface area contributed by atoms with Gasteiger partial charge in [0.25, 0.3) is 0 Å². The molecule has 0 aliphatic carbocycles. The standard InChI is InChI=1S/C16H15Cl3N2O4S/c1-8(2)26(24,25)15-10(18)6-7-12(14(15)22)21-16(23)20-11-5-3-4-9(17)13(11)19/h3-8,22H,1-2H3,(H2,20,21,23). The Labute approximate surface area is 166 Å². The Morgan fingerprint density at radius 1 is 1.00 bits per heavy atom. The molecule has 26 heavy (non-hydrogen) atoms. The first-order chi connectivity index (χ1) is 12.1. The number of phenolic OH excluding ortho intramolecular Hbond substituents is 1. The number of sulfone groups is 1. The molecule has 0 saturated heterocycles. The molecule has 3 N–H and O–H groups in total. The molecule has 0 aliphatic heterocycles. The molecule has 0 heterocycles. The second-order valence-electron chi connectivity index (χ2n) is 5.55. The number of benzene rings is 2. The Morgan fingerprint density at radius 3 is 2.23 bits per heavy atom. The van der Waals surface area contributed by atoms with E-state index in [2.05, 4.69) is 10.6 Å². The van der Waals surface area contributed by atoms with Crippen molar-refractivity contribution in [3.05, 3.63) is 45.4 Å². The second-order valence-corrected chi connectivity index (χ2v) is 9.18. The highest BCUT2D eigenvalue weighted by atomic mass is 35.5. The van der Waals surface area contributed by atoms with Gasteiger partial charge in [-0.3, -0.25) is 0 Å². The van der Waals surface area contributed by atoms with Crippen molar-refractivity contribution in [1.82, 2.24) is 0 Å². The monoisotopic (exact) mass is 436 g/mol. The number of urea groups is 1. The maximum absolute atomic E-state index is 12.4. The quantitative estimate of drug-likeness (QED) is 0.574. The number of carbonyl (C=O) groups excluding carboxylic acids is 1. The van der Waals surface area contributed by atoms with E-state index in [1.807, 2.05) is 0 Å². The highest BCUT2D eigenvalue weighted by Gasteiger charge is 2.28. The van der Waals surface area contributed by atoms with E-state index in [1.54, 1.807) is 12.1 Å². The van der Waals surface area contributed by atoms with Gasteiger partial charge < -0.3 is 15.7 Å². The molecule has 2 rings (SSSR count). The number of hydrogen-bond donors (Lipinski definition) is 3. The van der Waals surface area contributed by atoms with Crippen molar-refractivity contribution in [2.75, 3.05) is 10.6 Å². The molecule has 0 radical (unpaired) electrons. The van der Waals surface area contributed by atoms with Crippen LogP contribution >= 0.6 is 34.8 Å². The van der Waals surface area contributed by atoms with Crippen molar-refractivity contribution < 1.29 is 18.3 Å². The number of rotatable bonds is 4. The Morgan fingerprint density at radius 2 is 1.62 bits per heavy atom. The molecule has 2 aromatic carbocycles. The van der Waals surface area contributed by atoms with Gasteiger partial charge in [0.2, 0.25) is 0 Å². The molecule has 0 aromatic heterocycles. The predicted octanol–water partition coefficient (Wildman–Crippen LogP) is 5.18. The van der Waals surface area contributed by atoms with Crippen LogP contribution in [0.4, 0.5) is 16.2 Å². The van der Waals surface area contributed by atoms with Crippen LogP contribution in [0.25, 0.3) is 0 Å². The van der Waals surface area contributed by atoms with Gasteiger partial charge in [-0.2, -0.15) is 0 Å². The van der Waals surface area contributed by atoms with Gasteiger partial charge in [0.05, 0.1) is 31.7 Å². The minimum Gasteiger partial charge on any atom is -0.504 e. The van der Waals surface area contributed by atoms with Crippen LogP contribution in [0.1, 0.15) is 13.8 Å². The van der Waals surface area contributed by atoms with Gasteiger partial charge in [-0.25, -0.2) is 13.2 Å². The summed E-state index contributed by atoms with van der Waals surface area (Å²) in [6.07, 6.45) is 0. The lowest BCUT2D eigenvalue weighted by Crippen LogP contribution is -2.20. The molecule has 2 amide bonds. The second kappa shape index (κ2) is 7.92.